The van der Waals surface area contributed by atoms with E-state index in [0.29, 0.717) is 10.6 Å². The maximum atomic E-state index is 9.02. The van der Waals surface area contributed by atoms with Crippen LogP contribution in [0, 0.1) is 21.8 Å². The maximum Gasteiger partial charge on any atom is 0.132 e. The number of nitrogens with one attached hydrogen (secondary N) is 1. The molecule has 2 rings (SSSR count). The van der Waals surface area contributed by atoms with Crippen molar-refractivity contribution in [2.45, 2.75) is 6.92 Å². The highest BCUT2D eigenvalue weighted by atomic mass is 127. The van der Waals surface area contributed by atoms with Gasteiger partial charge in [-0.05, 0) is 59.2 Å². The summed E-state index contributed by atoms with van der Waals surface area (Å²) in [5, 5.41) is 13.5. The van der Waals surface area contributed by atoms with E-state index in [2.05, 4.69) is 38.4 Å². The van der Waals surface area contributed by atoms with E-state index in [1.807, 2.05) is 25.1 Å². The first-order chi connectivity index (χ1) is 8.11. The largest absolute Gasteiger partial charge is 0.344 e. The van der Waals surface area contributed by atoms with Crippen LogP contribution in [0.1, 0.15) is 11.3 Å². The van der Waals surface area contributed by atoms with Crippen molar-refractivity contribution in [3.63, 3.8) is 0 Å². The van der Waals surface area contributed by atoms with E-state index in [1.165, 1.54) is 11.5 Å². The molecule has 17 heavy (non-hydrogen) atoms. The van der Waals surface area contributed by atoms with Gasteiger partial charge >= 0.3 is 0 Å². The minimum absolute atomic E-state index is 0.574. The number of nitriles is 1. The zero-order valence-electron chi connectivity index (χ0n) is 8.79. The average Bonchev–Trinajstić information content (AvgIpc) is 2.63. The summed E-state index contributed by atoms with van der Waals surface area (Å²) in [6.45, 7) is 1.82. The molecule has 3 nitrogen and oxygen atoms in total. The third-order valence-corrected chi connectivity index (χ3v) is 3.99. The molecule has 1 aromatic heterocycles. The molecule has 1 N–H and O–H groups in total. The molecule has 0 saturated heterocycles. The molecule has 86 valence electrons. The zero-order valence-corrected chi connectivity index (χ0v) is 12.5. The van der Waals surface area contributed by atoms with Gasteiger partial charge in [-0.25, -0.2) is 0 Å². The Hall–Kier alpha value is -0.840. The van der Waals surface area contributed by atoms with Gasteiger partial charge in [-0.1, -0.05) is 11.6 Å². The van der Waals surface area contributed by atoms with Crippen molar-refractivity contribution < 1.29 is 0 Å². The molecular formula is C11H7ClIN3S. The molecule has 0 aliphatic carbocycles. The van der Waals surface area contributed by atoms with E-state index < -0.39 is 0 Å². The van der Waals surface area contributed by atoms with Crippen LogP contribution in [0.25, 0.3) is 0 Å². The summed E-state index contributed by atoms with van der Waals surface area (Å²) in [6.07, 6.45) is 0. The van der Waals surface area contributed by atoms with E-state index in [1.54, 1.807) is 0 Å². The Kier molecular flexibility index (Phi) is 3.86. The van der Waals surface area contributed by atoms with Gasteiger partial charge in [-0.15, -0.1) is 0 Å². The number of anilines is 2. The number of hydrogen-bond acceptors (Lipinski definition) is 4. The van der Waals surface area contributed by atoms with Crippen LogP contribution in [0.4, 0.5) is 10.7 Å². The lowest BCUT2D eigenvalue weighted by Gasteiger charge is -2.06. The van der Waals surface area contributed by atoms with Crippen molar-refractivity contribution in [2.75, 3.05) is 5.32 Å². The third-order valence-electron chi connectivity index (χ3n) is 2.15. The molecule has 0 atom stereocenters. The Bertz CT molecular complexity index is 603. The minimum Gasteiger partial charge on any atom is -0.344 e. The first-order valence-corrected chi connectivity index (χ1v) is 6.93. The highest BCUT2D eigenvalue weighted by molar-refractivity contribution is 14.1. The molecule has 0 saturated carbocycles. The lowest BCUT2D eigenvalue weighted by Crippen LogP contribution is -1.91. The predicted molar refractivity (Wildman–Crippen MR) is 79.0 cm³/mol. The van der Waals surface area contributed by atoms with Crippen molar-refractivity contribution >= 4 is 56.4 Å². The van der Waals surface area contributed by atoms with Gasteiger partial charge in [-0.2, -0.15) is 9.64 Å². The summed E-state index contributed by atoms with van der Waals surface area (Å²) < 4.78 is 5.21. The topological polar surface area (TPSA) is 48.7 Å². The van der Waals surface area contributed by atoms with E-state index in [9.17, 15) is 0 Å². The number of aromatic nitrogens is 1. The highest BCUT2D eigenvalue weighted by Crippen LogP contribution is 2.31. The molecular weight excluding hydrogens is 369 g/mol. The van der Waals surface area contributed by atoms with Gasteiger partial charge in [0, 0.05) is 3.57 Å². The molecule has 0 amide bonds. The second-order valence-corrected chi connectivity index (χ2v) is 5.76. The summed E-state index contributed by atoms with van der Waals surface area (Å²) in [7, 11) is 0. The maximum absolute atomic E-state index is 9.02. The Morgan fingerprint density at radius 1 is 1.53 bits per heavy atom. The van der Waals surface area contributed by atoms with Crippen LogP contribution in [-0.4, -0.2) is 4.37 Å². The number of hydrogen-bond donors (Lipinski definition) is 1. The lowest BCUT2D eigenvalue weighted by atomic mass is 10.2. The average molecular weight is 376 g/mol. The molecule has 0 unspecified atom stereocenters. The fraction of sp³-hybridized carbons (Fsp3) is 0.0909. The first kappa shape index (κ1) is 12.6. The molecule has 0 radical (unpaired) electrons. The van der Waals surface area contributed by atoms with Gasteiger partial charge in [0.15, 0.2) is 0 Å². The molecule has 2 aromatic rings. The van der Waals surface area contributed by atoms with Crippen molar-refractivity contribution in [3.8, 4) is 6.07 Å². The summed E-state index contributed by atoms with van der Waals surface area (Å²) in [4.78, 5) is 0. The molecule has 6 heteroatoms. The van der Waals surface area contributed by atoms with Crippen LogP contribution >= 0.6 is 45.7 Å². The second kappa shape index (κ2) is 5.21. The standard InChI is InChI=1S/C11H7ClIN3S/c1-6-8(5-14)11(17-16-6)15-10-3-2-7(13)4-9(10)12/h2-4,15H,1H3. The lowest BCUT2D eigenvalue weighted by molar-refractivity contribution is 1.31. The van der Waals surface area contributed by atoms with Gasteiger partial charge in [0.05, 0.1) is 16.4 Å². The second-order valence-electron chi connectivity index (χ2n) is 3.33. The van der Waals surface area contributed by atoms with Gasteiger partial charge in [0.2, 0.25) is 0 Å². The molecule has 0 bridgehead atoms. The molecule has 0 fully saturated rings. The van der Waals surface area contributed by atoms with Crippen LogP contribution in [0.2, 0.25) is 5.02 Å². The number of benzene rings is 1. The molecule has 0 aliphatic rings. The number of rotatable bonds is 2. The summed E-state index contributed by atoms with van der Waals surface area (Å²) in [5.41, 5.74) is 2.10. The fourth-order valence-electron chi connectivity index (χ4n) is 1.30. The Morgan fingerprint density at radius 3 is 2.94 bits per heavy atom. The Labute approximate surface area is 122 Å². The van der Waals surface area contributed by atoms with Crippen LogP contribution in [0.5, 0.6) is 0 Å². The molecule has 0 spiro atoms. The number of halogens is 2. The van der Waals surface area contributed by atoms with Crippen LogP contribution in [-0.2, 0) is 0 Å². The summed E-state index contributed by atoms with van der Waals surface area (Å²) in [6, 6.07) is 7.84. The van der Waals surface area contributed by atoms with Crippen molar-refractivity contribution in [2.24, 2.45) is 0 Å². The van der Waals surface area contributed by atoms with E-state index in [4.69, 9.17) is 16.9 Å². The summed E-state index contributed by atoms with van der Waals surface area (Å²) >= 11 is 9.58. The van der Waals surface area contributed by atoms with Crippen molar-refractivity contribution in [3.05, 3.63) is 38.0 Å². The van der Waals surface area contributed by atoms with Crippen LogP contribution in [0.15, 0.2) is 18.2 Å². The highest BCUT2D eigenvalue weighted by Gasteiger charge is 2.11. The van der Waals surface area contributed by atoms with Crippen LogP contribution < -0.4 is 5.32 Å². The van der Waals surface area contributed by atoms with Gasteiger partial charge < -0.3 is 5.32 Å². The van der Waals surface area contributed by atoms with E-state index in [0.717, 1.165) is 20.0 Å². The third kappa shape index (κ3) is 2.70. The van der Waals surface area contributed by atoms with Gasteiger partial charge in [-0.3, -0.25) is 0 Å². The Balaban J connectivity index is 2.35. The fourth-order valence-corrected chi connectivity index (χ4v) is 2.96. The molecule has 1 aromatic carbocycles. The zero-order chi connectivity index (χ0) is 12.4. The number of nitrogens with zero attached hydrogens (tertiary/aromatic N) is 2. The Morgan fingerprint density at radius 2 is 2.29 bits per heavy atom. The monoisotopic (exact) mass is 375 g/mol. The molecule has 1 heterocycles. The minimum atomic E-state index is 0.574. The quantitative estimate of drug-likeness (QED) is 0.795. The van der Waals surface area contributed by atoms with E-state index >= 15 is 0 Å². The SMILES string of the molecule is Cc1nsc(Nc2ccc(I)cc2Cl)c1C#N. The van der Waals surface area contributed by atoms with E-state index in [-0.39, 0.29) is 0 Å². The van der Waals surface area contributed by atoms with Crippen molar-refractivity contribution in [1.82, 2.24) is 4.37 Å². The van der Waals surface area contributed by atoms with Gasteiger partial charge in [0.1, 0.15) is 16.6 Å². The van der Waals surface area contributed by atoms with Crippen molar-refractivity contribution in [1.29, 1.82) is 5.26 Å². The summed E-state index contributed by atoms with van der Waals surface area (Å²) in [5.74, 6) is 0. The normalized spacial score (nSPS) is 10.0. The first-order valence-electron chi connectivity index (χ1n) is 4.70. The van der Waals surface area contributed by atoms with Gasteiger partial charge in [0.25, 0.3) is 0 Å². The smallest absolute Gasteiger partial charge is 0.132 e. The molecule has 0 aliphatic heterocycles. The predicted octanol–water partition coefficient (Wildman–Crippen LogP) is 4.32. The van der Waals surface area contributed by atoms with Crippen LogP contribution in [0.3, 0.4) is 0 Å². The number of aryl methyl sites for hydroxylation is 1.